The Morgan fingerprint density at radius 3 is 2.10 bits per heavy atom. The normalized spacial score (nSPS) is 11.4. The third-order valence-electron chi connectivity index (χ3n) is 4.46. The molecule has 6 heteroatoms. The predicted octanol–water partition coefficient (Wildman–Crippen LogP) is 5.03. The first-order chi connectivity index (χ1) is 14.2. The Hall–Kier alpha value is -3.38. The second kappa shape index (κ2) is 8.97. The molecule has 0 aromatic heterocycles. The number of hydrogen-bond donors (Lipinski definition) is 1. The van der Waals surface area contributed by atoms with E-state index in [4.69, 9.17) is 4.18 Å². The second-order valence-electron chi connectivity index (χ2n) is 7.02. The lowest BCUT2D eigenvalue weighted by Crippen LogP contribution is -2.12. The summed E-state index contributed by atoms with van der Waals surface area (Å²) in [6.07, 6.45) is 3.17. The van der Waals surface area contributed by atoms with E-state index in [1.165, 1.54) is 18.2 Å². The predicted molar refractivity (Wildman–Crippen MR) is 119 cm³/mol. The number of rotatable bonds is 6. The minimum Gasteiger partial charge on any atom is -0.378 e. The number of hydrogen-bond acceptors (Lipinski definition) is 4. The average Bonchev–Trinajstić information content (AvgIpc) is 2.70. The van der Waals surface area contributed by atoms with Gasteiger partial charge in [0.25, 0.3) is 0 Å². The molecule has 0 aliphatic heterocycles. The van der Waals surface area contributed by atoms with Gasteiger partial charge >= 0.3 is 10.1 Å². The van der Waals surface area contributed by atoms with Crippen molar-refractivity contribution in [2.75, 3.05) is 5.32 Å². The first kappa shape index (κ1) is 21.3. The lowest BCUT2D eigenvalue weighted by Gasteiger charge is -2.14. The van der Waals surface area contributed by atoms with Crippen LogP contribution in [0.2, 0.25) is 0 Å². The Labute approximate surface area is 177 Å². The average molecular weight is 422 g/mol. The van der Waals surface area contributed by atoms with E-state index in [1.54, 1.807) is 44.2 Å². The molecule has 0 aliphatic carbocycles. The van der Waals surface area contributed by atoms with Gasteiger partial charge in [-0.3, -0.25) is 4.79 Å². The number of benzene rings is 3. The fraction of sp³-hybridized carbons (Fsp3) is 0.125. The molecule has 5 nitrogen and oxygen atoms in total. The van der Waals surface area contributed by atoms with E-state index in [-0.39, 0.29) is 16.6 Å². The summed E-state index contributed by atoms with van der Waals surface area (Å²) in [5.74, 6) is -0.0213. The Kier molecular flexibility index (Phi) is 6.37. The van der Waals surface area contributed by atoms with Crippen molar-refractivity contribution >= 4 is 27.8 Å². The van der Waals surface area contributed by atoms with E-state index in [9.17, 15) is 13.2 Å². The van der Waals surface area contributed by atoms with Crippen molar-refractivity contribution in [3.63, 3.8) is 0 Å². The lowest BCUT2D eigenvalue weighted by molar-refractivity contribution is -0.111. The van der Waals surface area contributed by atoms with Crippen molar-refractivity contribution in [3.05, 3.63) is 95.1 Å². The SMILES string of the molecule is Cc1ccc(S(=O)(=O)Oc2c(C)cc(NC(=O)C=Cc3ccccc3)cc2C)cc1. The van der Waals surface area contributed by atoms with Crippen molar-refractivity contribution in [1.82, 2.24) is 0 Å². The van der Waals surface area contributed by atoms with Crippen LogP contribution in [0.15, 0.2) is 77.7 Å². The van der Waals surface area contributed by atoms with Crippen LogP contribution in [0.1, 0.15) is 22.3 Å². The summed E-state index contributed by atoms with van der Waals surface area (Å²) in [5, 5.41) is 2.79. The van der Waals surface area contributed by atoms with Gasteiger partial charge in [-0.25, -0.2) is 0 Å². The molecule has 0 unspecified atom stereocenters. The fourth-order valence-corrected chi connectivity index (χ4v) is 3.98. The molecule has 0 aliphatic rings. The van der Waals surface area contributed by atoms with Gasteiger partial charge in [0.05, 0.1) is 0 Å². The van der Waals surface area contributed by atoms with E-state index < -0.39 is 10.1 Å². The molecule has 1 N–H and O–H groups in total. The number of carbonyl (C=O) groups is 1. The Morgan fingerprint density at radius 1 is 0.900 bits per heavy atom. The third-order valence-corrected chi connectivity index (χ3v) is 5.69. The Balaban J connectivity index is 1.76. The highest BCUT2D eigenvalue weighted by Gasteiger charge is 2.19. The number of aryl methyl sites for hydroxylation is 3. The highest BCUT2D eigenvalue weighted by molar-refractivity contribution is 7.87. The van der Waals surface area contributed by atoms with Gasteiger partial charge in [-0.1, -0.05) is 48.0 Å². The zero-order chi connectivity index (χ0) is 21.7. The molecule has 30 heavy (non-hydrogen) atoms. The minimum absolute atomic E-state index is 0.0929. The van der Waals surface area contributed by atoms with Crippen LogP contribution in [0.3, 0.4) is 0 Å². The molecule has 0 heterocycles. The number of anilines is 1. The van der Waals surface area contributed by atoms with Crippen LogP contribution in [-0.4, -0.2) is 14.3 Å². The van der Waals surface area contributed by atoms with Crippen molar-refractivity contribution < 1.29 is 17.4 Å². The van der Waals surface area contributed by atoms with E-state index in [0.717, 1.165) is 11.1 Å². The molecule has 1 amide bonds. The zero-order valence-corrected chi connectivity index (χ0v) is 17.9. The van der Waals surface area contributed by atoms with Gasteiger partial charge in [0.15, 0.2) is 0 Å². The van der Waals surface area contributed by atoms with Gasteiger partial charge in [0, 0.05) is 11.8 Å². The van der Waals surface area contributed by atoms with Gasteiger partial charge in [-0.15, -0.1) is 0 Å². The van der Waals surface area contributed by atoms with Gasteiger partial charge in [0.2, 0.25) is 5.91 Å². The van der Waals surface area contributed by atoms with Gasteiger partial charge in [0.1, 0.15) is 10.6 Å². The van der Waals surface area contributed by atoms with Gasteiger partial charge < -0.3 is 9.50 Å². The Bertz CT molecular complexity index is 1160. The van der Waals surface area contributed by atoms with Crippen molar-refractivity contribution in [1.29, 1.82) is 0 Å². The highest BCUT2D eigenvalue weighted by Crippen LogP contribution is 2.30. The lowest BCUT2D eigenvalue weighted by atomic mass is 10.1. The standard InChI is InChI=1S/C24H23NO4S/c1-17-9-12-22(13-10-17)30(27,28)29-24-18(2)15-21(16-19(24)3)25-23(26)14-11-20-7-5-4-6-8-20/h4-16H,1-3H3,(H,25,26). The van der Waals surface area contributed by atoms with Crippen LogP contribution in [0.4, 0.5) is 5.69 Å². The van der Waals surface area contributed by atoms with Crippen LogP contribution < -0.4 is 9.50 Å². The third kappa shape index (κ3) is 5.36. The molecule has 0 radical (unpaired) electrons. The molecule has 3 aromatic carbocycles. The molecule has 0 saturated heterocycles. The first-order valence-corrected chi connectivity index (χ1v) is 10.8. The topological polar surface area (TPSA) is 72.5 Å². The van der Waals surface area contributed by atoms with Crippen LogP contribution >= 0.6 is 0 Å². The molecular formula is C24H23NO4S. The summed E-state index contributed by atoms with van der Waals surface area (Å²) in [5.41, 5.74) is 3.65. The Morgan fingerprint density at radius 2 is 1.50 bits per heavy atom. The number of carbonyl (C=O) groups excluding carboxylic acids is 1. The van der Waals surface area contributed by atoms with Crippen molar-refractivity contribution in [2.45, 2.75) is 25.7 Å². The molecule has 3 rings (SSSR count). The van der Waals surface area contributed by atoms with Gasteiger partial charge in [-0.2, -0.15) is 8.42 Å². The number of nitrogens with one attached hydrogen (secondary N) is 1. The highest BCUT2D eigenvalue weighted by atomic mass is 32.2. The quantitative estimate of drug-likeness (QED) is 0.447. The summed E-state index contributed by atoms with van der Waals surface area (Å²) in [6, 6.07) is 19.3. The molecule has 0 fully saturated rings. The molecule has 154 valence electrons. The molecule has 3 aromatic rings. The maximum Gasteiger partial charge on any atom is 0.339 e. The second-order valence-corrected chi connectivity index (χ2v) is 8.57. The van der Waals surface area contributed by atoms with Crippen molar-refractivity contribution in [3.8, 4) is 5.75 Å². The van der Waals surface area contributed by atoms with Gasteiger partial charge in [-0.05, 0) is 67.8 Å². The first-order valence-electron chi connectivity index (χ1n) is 9.41. The minimum atomic E-state index is -3.95. The van der Waals surface area contributed by atoms with Crippen molar-refractivity contribution in [2.24, 2.45) is 0 Å². The zero-order valence-electron chi connectivity index (χ0n) is 17.0. The smallest absolute Gasteiger partial charge is 0.339 e. The largest absolute Gasteiger partial charge is 0.378 e. The molecule has 0 atom stereocenters. The summed E-state index contributed by atoms with van der Waals surface area (Å²) in [4.78, 5) is 12.3. The van der Waals surface area contributed by atoms with E-state index in [0.29, 0.717) is 16.8 Å². The summed E-state index contributed by atoms with van der Waals surface area (Å²) < 4.78 is 30.6. The summed E-state index contributed by atoms with van der Waals surface area (Å²) >= 11 is 0. The van der Waals surface area contributed by atoms with Crippen LogP contribution in [0.25, 0.3) is 6.08 Å². The maximum atomic E-state index is 12.6. The molecule has 0 bridgehead atoms. The molecule has 0 spiro atoms. The summed E-state index contributed by atoms with van der Waals surface area (Å²) in [7, 11) is -3.95. The van der Waals surface area contributed by atoms with Crippen LogP contribution in [0.5, 0.6) is 5.75 Å². The van der Waals surface area contributed by atoms with E-state index >= 15 is 0 Å². The van der Waals surface area contributed by atoms with E-state index in [1.807, 2.05) is 37.3 Å². The number of amides is 1. The van der Waals surface area contributed by atoms with Crippen LogP contribution in [-0.2, 0) is 14.9 Å². The monoisotopic (exact) mass is 421 g/mol. The summed E-state index contributed by atoms with van der Waals surface area (Å²) in [6.45, 7) is 5.36. The maximum absolute atomic E-state index is 12.6. The molecule has 0 saturated carbocycles. The fourth-order valence-electron chi connectivity index (χ4n) is 2.94. The molecular weight excluding hydrogens is 398 g/mol. The van der Waals surface area contributed by atoms with Crippen LogP contribution in [0, 0.1) is 20.8 Å². The van der Waals surface area contributed by atoms with E-state index in [2.05, 4.69) is 5.32 Å².